The number of carbonyl (C=O) groups is 1. The summed E-state index contributed by atoms with van der Waals surface area (Å²) < 4.78 is 10.7. The molecule has 1 aromatic heterocycles. The number of imidazole rings is 1. The molecular weight excluding hydrogens is 296 g/mol. The van der Waals surface area contributed by atoms with E-state index < -0.39 is 0 Å². The second-order valence-corrected chi connectivity index (χ2v) is 5.72. The lowest BCUT2D eigenvalue weighted by Gasteiger charge is -2.34. The quantitative estimate of drug-likeness (QED) is 0.918. The number of nitrogens with one attached hydrogen (secondary N) is 1. The number of amides is 1. The molecule has 23 heavy (non-hydrogen) atoms. The number of nitrogens with zero attached hydrogens (tertiary/aromatic N) is 3. The SMILES string of the molecule is O=C(c1cnc[nH]1)N1CCN(Cc2ccc3c(c2)OCO3)CC1. The van der Waals surface area contributed by atoms with E-state index in [9.17, 15) is 4.79 Å². The summed E-state index contributed by atoms with van der Waals surface area (Å²) in [4.78, 5) is 23.2. The van der Waals surface area contributed by atoms with Crippen molar-refractivity contribution in [1.29, 1.82) is 0 Å². The van der Waals surface area contributed by atoms with Crippen LogP contribution in [0.4, 0.5) is 0 Å². The second kappa shape index (κ2) is 5.92. The molecule has 0 saturated carbocycles. The number of carbonyl (C=O) groups excluding carboxylic acids is 1. The number of aromatic amines is 1. The molecule has 1 fully saturated rings. The van der Waals surface area contributed by atoms with Gasteiger partial charge < -0.3 is 19.4 Å². The van der Waals surface area contributed by atoms with Crippen LogP contribution in [0, 0.1) is 0 Å². The van der Waals surface area contributed by atoms with Crippen LogP contribution in [0.3, 0.4) is 0 Å². The third-order valence-corrected chi connectivity index (χ3v) is 4.23. The fourth-order valence-corrected chi connectivity index (χ4v) is 2.95. The third-order valence-electron chi connectivity index (χ3n) is 4.23. The minimum atomic E-state index is 0.0187. The molecule has 1 aromatic carbocycles. The molecule has 0 atom stereocenters. The van der Waals surface area contributed by atoms with Crippen LogP contribution in [0.15, 0.2) is 30.7 Å². The number of rotatable bonds is 3. The van der Waals surface area contributed by atoms with E-state index in [0.29, 0.717) is 12.5 Å². The molecule has 2 aliphatic heterocycles. The highest BCUT2D eigenvalue weighted by Crippen LogP contribution is 2.32. The fraction of sp³-hybridized carbons (Fsp3) is 0.375. The van der Waals surface area contributed by atoms with Crippen molar-refractivity contribution in [1.82, 2.24) is 19.8 Å². The first-order valence-corrected chi connectivity index (χ1v) is 7.68. The van der Waals surface area contributed by atoms with Crippen molar-refractivity contribution in [3.63, 3.8) is 0 Å². The summed E-state index contributed by atoms with van der Waals surface area (Å²) in [5.74, 6) is 1.64. The van der Waals surface area contributed by atoms with Gasteiger partial charge in [0.25, 0.3) is 5.91 Å². The average Bonchev–Trinajstić information content (AvgIpc) is 3.26. The summed E-state index contributed by atoms with van der Waals surface area (Å²) in [5, 5.41) is 0. The summed E-state index contributed by atoms with van der Waals surface area (Å²) in [6.45, 7) is 4.31. The van der Waals surface area contributed by atoms with E-state index >= 15 is 0 Å². The number of hydrogen-bond donors (Lipinski definition) is 1. The van der Waals surface area contributed by atoms with Gasteiger partial charge in [0.05, 0.1) is 12.5 Å². The minimum Gasteiger partial charge on any atom is -0.454 e. The van der Waals surface area contributed by atoms with Gasteiger partial charge in [-0.25, -0.2) is 4.98 Å². The van der Waals surface area contributed by atoms with Crippen LogP contribution in [-0.4, -0.2) is 58.6 Å². The molecule has 0 radical (unpaired) electrons. The van der Waals surface area contributed by atoms with E-state index in [1.807, 2.05) is 17.0 Å². The van der Waals surface area contributed by atoms with Gasteiger partial charge in [-0.3, -0.25) is 9.69 Å². The summed E-state index contributed by atoms with van der Waals surface area (Å²) in [6, 6.07) is 6.05. The monoisotopic (exact) mass is 314 g/mol. The van der Waals surface area contributed by atoms with Crippen LogP contribution in [0.25, 0.3) is 0 Å². The van der Waals surface area contributed by atoms with Crippen molar-refractivity contribution in [2.75, 3.05) is 33.0 Å². The Morgan fingerprint density at radius 3 is 2.78 bits per heavy atom. The Labute approximate surface area is 133 Å². The molecular formula is C16H18N4O3. The Bertz CT molecular complexity index is 693. The first-order valence-electron chi connectivity index (χ1n) is 7.68. The zero-order valence-electron chi connectivity index (χ0n) is 12.7. The molecule has 0 spiro atoms. The maximum Gasteiger partial charge on any atom is 0.272 e. The molecule has 1 N–H and O–H groups in total. The summed E-state index contributed by atoms with van der Waals surface area (Å²) >= 11 is 0. The topological polar surface area (TPSA) is 70.7 Å². The fourth-order valence-electron chi connectivity index (χ4n) is 2.95. The zero-order chi connectivity index (χ0) is 15.6. The minimum absolute atomic E-state index is 0.0187. The van der Waals surface area contributed by atoms with Crippen LogP contribution in [-0.2, 0) is 6.54 Å². The van der Waals surface area contributed by atoms with Gasteiger partial charge in [-0.2, -0.15) is 0 Å². The third kappa shape index (κ3) is 2.87. The highest BCUT2D eigenvalue weighted by molar-refractivity contribution is 5.92. The molecule has 120 valence electrons. The summed E-state index contributed by atoms with van der Waals surface area (Å²) in [5.41, 5.74) is 1.75. The zero-order valence-corrected chi connectivity index (χ0v) is 12.7. The van der Waals surface area contributed by atoms with Crippen molar-refractivity contribution in [2.45, 2.75) is 6.54 Å². The largest absolute Gasteiger partial charge is 0.454 e. The van der Waals surface area contributed by atoms with E-state index in [4.69, 9.17) is 9.47 Å². The lowest BCUT2D eigenvalue weighted by atomic mass is 10.1. The first kappa shape index (κ1) is 14.1. The van der Waals surface area contributed by atoms with Crippen LogP contribution >= 0.6 is 0 Å². The Hall–Kier alpha value is -2.54. The van der Waals surface area contributed by atoms with Gasteiger partial charge in [0.15, 0.2) is 11.5 Å². The van der Waals surface area contributed by atoms with Gasteiger partial charge in [0.2, 0.25) is 6.79 Å². The molecule has 3 heterocycles. The van der Waals surface area contributed by atoms with Gasteiger partial charge >= 0.3 is 0 Å². The lowest BCUT2D eigenvalue weighted by molar-refractivity contribution is 0.0623. The number of aromatic nitrogens is 2. The normalized spacial score (nSPS) is 17.5. The Morgan fingerprint density at radius 2 is 2.00 bits per heavy atom. The van der Waals surface area contributed by atoms with Crippen LogP contribution < -0.4 is 9.47 Å². The second-order valence-electron chi connectivity index (χ2n) is 5.72. The first-order chi connectivity index (χ1) is 11.3. The number of fused-ring (bicyclic) bond motifs is 1. The Balaban J connectivity index is 1.34. The van der Waals surface area contributed by atoms with Gasteiger partial charge in [0.1, 0.15) is 5.69 Å². The molecule has 1 saturated heterocycles. The summed E-state index contributed by atoms with van der Waals surface area (Å²) in [6.07, 6.45) is 3.10. The van der Waals surface area contributed by atoms with E-state index in [0.717, 1.165) is 44.2 Å². The molecule has 2 aliphatic rings. The predicted octanol–water partition coefficient (Wildman–Crippen LogP) is 1.10. The molecule has 7 heteroatoms. The highest BCUT2D eigenvalue weighted by Gasteiger charge is 2.23. The Morgan fingerprint density at radius 1 is 1.17 bits per heavy atom. The molecule has 1 amide bonds. The summed E-state index contributed by atoms with van der Waals surface area (Å²) in [7, 11) is 0. The lowest BCUT2D eigenvalue weighted by Crippen LogP contribution is -2.48. The molecule has 0 unspecified atom stereocenters. The maximum atomic E-state index is 12.3. The van der Waals surface area contributed by atoms with E-state index in [1.54, 1.807) is 6.20 Å². The number of benzene rings is 1. The van der Waals surface area contributed by atoms with Gasteiger partial charge in [0, 0.05) is 32.7 Å². The molecule has 2 aromatic rings. The molecule has 7 nitrogen and oxygen atoms in total. The standard InChI is InChI=1S/C16H18N4O3/c21-16(13-8-17-10-18-13)20-5-3-19(4-6-20)9-12-1-2-14-15(7-12)23-11-22-14/h1-2,7-8,10H,3-6,9,11H2,(H,17,18). The van der Waals surface area contributed by atoms with E-state index in [1.165, 1.54) is 11.9 Å². The van der Waals surface area contributed by atoms with Gasteiger partial charge in [-0.15, -0.1) is 0 Å². The van der Waals surface area contributed by atoms with Crippen molar-refractivity contribution < 1.29 is 14.3 Å². The van der Waals surface area contributed by atoms with Crippen molar-refractivity contribution in [3.05, 3.63) is 42.0 Å². The maximum absolute atomic E-state index is 12.3. The van der Waals surface area contributed by atoms with Crippen LogP contribution in [0.2, 0.25) is 0 Å². The van der Waals surface area contributed by atoms with Gasteiger partial charge in [-0.1, -0.05) is 6.07 Å². The van der Waals surface area contributed by atoms with Crippen molar-refractivity contribution in [3.8, 4) is 11.5 Å². The van der Waals surface area contributed by atoms with E-state index in [-0.39, 0.29) is 5.91 Å². The van der Waals surface area contributed by atoms with Crippen molar-refractivity contribution >= 4 is 5.91 Å². The van der Waals surface area contributed by atoms with E-state index in [2.05, 4.69) is 20.9 Å². The Kier molecular flexibility index (Phi) is 3.63. The predicted molar refractivity (Wildman–Crippen MR) is 82.3 cm³/mol. The molecule has 0 bridgehead atoms. The number of ether oxygens (including phenoxy) is 2. The van der Waals surface area contributed by atoms with Gasteiger partial charge in [-0.05, 0) is 17.7 Å². The molecule has 0 aliphatic carbocycles. The van der Waals surface area contributed by atoms with Crippen molar-refractivity contribution in [2.24, 2.45) is 0 Å². The molecule has 4 rings (SSSR count). The highest BCUT2D eigenvalue weighted by atomic mass is 16.7. The number of hydrogen-bond acceptors (Lipinski definition) is 5. The smallest absolute Gasteiger partial charge is 0.272 e. The number of H-pyrrole nitrogens is 1. The average molecular weight is 314 g/mol. The number of piperazine rings is 1. The van der Waals surface area contributed by atoms with Crippen LogP contribution in [0.5, 0.6) is 11.5 Å². The van der Waals surface area contributed by atoms with Crippen LogP contribution in [0.1, 0.15) is 16.1 Å².